The Labute approximate surface area is 691 Å². The number of carbonyl (C=O) groups excluding carboxylic acids is 15. The highest BCUT2D eigenvalue weighted by Crippen LogP contribution is 2.19. The molecule has 1 fully saturated rings. The van der Waals surface area contributed by atoms with E-state index in [9.17, 15) is 82.1 Å². The summed E-state index contributed by atoms with van der Waals surface area (Å²) < 4.78 is 5.83. The number of carboxylic acid groups (broad SMARTS) is 1. The average molecular weight is 1660 g/mol. The maximum absolute atomic E-state index is 15.0. The molecule has 37 heteroatoms. The molecule has 0 aromatic rings. The van der Waals surface area contributed by atoms with Gasteiger partial charge in [-0.3, -0.25) is 71.9 Å². The summed E-state index contributed by atoms with van der Waals surface area (Å²) in [6.07, 6.45) is 2.13. The van der Waals surface area contributed by atoms with E-state index in [0.717, 1.165) is 25.7 Å². The van der Waals surface area contributed by atoms with Crippen molar-refractivity contribution < 1.29 is 91.7 Å². The fourth-order valence-electron chi connectivity index (χ4n) is 13.0. The second-order valence-electron chi connectivity index (χ2n) is 33.6. The highest BCUT2D eigenvalue weighted by Gasteiger charge is 2.41. The highest BCUT2D eigenvalue weighted by atomic mass is 16.5. The maximum Gasteiger partial charge on any atom is 0.329 e. The lowest BCUT2D eigenvalue weighted by Gasteiger charge is -2.30. The summed E-state index contributed by atoms with van der Waals surface area (Å²) in [5.41, 5.74) is 24.0. The molecule has 0 saturated carbocycles. The van der Waals surface area contributed by atoms with Gasteiger partial charge in [-0.1, -0.05) is 156 Å². The fourth-order valence-corrected chi connectivity index (χ4v) is 13.0. The monoisotopic (exact) mass is 1660 g/mol. The molecule has 14 amide bonds. The van der Waals surface area contributed by atoms with Crippen LogP contribution in [-0.2, 0) is 81.4 Å². The third-order valence-electron chi connectivity index (χ3n) is 19.7. The summed E-state index contributed by atoms with van der Waals surface area (Å²) in [6.45, 7) is 27.7. The Hall–Kier alpha value is -8.68. The number of rotatable bonds is 46. The number of amides is 14. The van der Waals surface area contributed by atoms with Crippen LogP contribution in [0.3, 0.4) is 0 Å². The first-order chi connectivity index (χ1) is 54.9. The third kappa shape index (κ3) is 41.0. The van der Waals surface area contributed by atoms with Crippen molar-refractivity contribution in [1.29, 1.82) is 0 Å². The van der Waals surface area contributed by atoms with E-state index in [1.165, 1.54) is 0 Å². The van der Waals surface area contributed by atoms with Crippen LogP contribution in [0.15, 0.2) is 0 Å². The Morgan fingerprint density at radius 3 is 1.24 bits per heavy atom. The molecule has 24 N–H and O–H groups in total. The molecule has 0 aromatic carbocycles. The van der Waals surface area contributed by atoms with Crippen LogP contribution in [-0.4, -0.2) is 228 Å². The number of esters is 1. The molecule has 1 aliphatic heterocycles. The van der Waals surface area contributed by atoms with Crippen molar-refractivity contribution in [1.82, 2.24) is 74.4 Å². The van der Waals surface area contributed by atoms with Crippen molar-refractivity contribution in [2.45, 2.75) is 330 Å². The number of aliphatic hydroxyl groups excluding tert-OH is 1. The van der Waals surface area contributed by atoms with Crippen LogP contribution < -0.4 is 97.4 Å². The van der Waals surface area contributed by atoms with Gasteiger partial charge in [-0.2, -0.15) is 0 Å². The minimum absolute atomic E-state index is 0.00405. The van der Waals surface area contributed by atoms with Crippen LogP contribution in [0.25, 0.3) is 0 Å². The summed E-state index contributed by atoms with van der Waals surface area (Å²) in [4.78, 5) is 228. The standard InChI is InChI=1S/C80H146N18O19/c1-18-20-21-22-23-24-50(99)40-62(100)85-56(35-42(3)4)72(108)86-51(25-26-63(101)102)67(103)87-54(29-33-83)70(106)96-64(47(13)14)78(114)93-59(38-45(9)10)75(111)89-53(28-32-82)69(105)95-61-41-117-80(116)66(49(17)19-2)98-71(107)55(30-34-84)90-73(109)57(36-43(5)6)91-68(104)52(27-31-81)88-74(110)58(37-44(7)8)92-76(112)60(39-46(11)12)94-79(115)65(48(15)16)97-77(61)113/h42-61,64-66,99H,18-41,81-84H2,1-17H3,(H,85,100)(H,86,108)(H,87,103)(H,88,110)(H,89,111)(H,90,109)(H,91,104)(H,92,112)(H,93,114)(H,94,115)(H,95,105)(H,96,106)(H,97,113)(H,98,107)(H,101,102)/t49?,50?,51-,52?,53-,54-,55?,56-,57?,58?,59-,60?,61?,64-,65?,66?/m0/s1. The van der Waals surface area contributed by atoms with Gasteiger partial charge >= 0.3 is 11.9 Å². The molecule has 1 rings (SSSR count). The zero-order chi connectivity index (χ0) is 89.1. The first-order valence-electron chi connectivity index (χ1n) is 42.0. The molecule has 670 valence electrons. The zero-order valence-electron chi connectivity index (χ0n) is 72.4. The second kappa shape index (κ2) is 55.9. The Bertz CT molecular complexity index is 3190. The van der Waals surface area contributed by atoms with E-state index < -0.39 is 223 Å². The summed E-state index contributed by atoms with van der Waals surface area (Å²) in [5.74, 6) is -18.4. The Kier molecular flexibility index (Phi) is 50.8. The lowest BCUT2D eigenvalue weighted by Crippen LogP contribution is -2.62. The number of ether oxygens (including phenoxy) is 1. The van der Waals surface area contributed by atoms with E-state index >= 15 is 4.79 Å². The van der Waals surface area contributed by atoms with Crippen LogP contribution in [0, 0.1) is 47.3 Å². The molecule has 0 spiro atoms. The van der Waals surface area contributed by atoms with Gasteiger partial charge in [-0.05, 0) is 144 Å². The van der Waals surface area contributed by atoms with Gasteiger partial charge in [0.05, 0.1) is 12.5 Å². The first kappa shape index (κ1) is 106. The predicted molar refractivity (Wildman–Crippen MR) is 440 cm³/mol. The molecule has 1 saturated heterocycles. The number of hydrogen-bond acceptors (Lipinski definition) is 22. The molecule has 0 radical (unpaired) electrons. The molecule has 10 unspecified atom stereocenters. The number of nitrogens with one attached hydrogen (secondary N) is 14. The Morgan fingerprint density at radius 2 is 0.821 bits per heavy atom. The number of carbonyl (C=O) groups is 16. The topological polar surface area (TPSA) is 595 Å². The number of hydrogen-bond donors (Lipinski definition) is 20. The second-order valence-corrected chi connectivity index (χ2v) is 33.6. The molecule has 1 heterocycles. The summed E-state index contributed by atoms with van der Waals surface area (Å²) in [7, 11) is 0. The molecular formula is C80H146N18O19. The smallest absolute Gasteiger partial charge is 0.329 e. The molecule has 0 aliphatic carbocycles. The van der Waals surface area contributed by atoms with Crippen molar-refractivity contribution in [3.05, 3.63) is 0 Å². The molecule has 0 aromatic heterocycles. The molecule has 16 atom stereocenters. The SMILES string of the molecule is CCCCCCCC(O)CC(=O)N[C@@H](CC(C)C)C(=O)N[C@@H](CCC(=O)O)C(=O)N[C@@H](CCN)C(=O)N[C@H](C(=O)N[C@@H](CC(C)C)C(=O)N[C@@H](CCN)C(=O)NC1COC(=O)C(C(C)CC)NC(=O)C(CCN)NC(=O)C(CC(C)C)NC(=O)C(CCN)NC(=O)C(CC(C)C)NC(=O)C(CC(C)C)NC(=O)C(C(C)C)NC1=O)C(C)C. The van der Waals surface area contributed by atoms with Crippen molar-refractivity contribution in [3.8, 4) is 0 Å². The van der Waals surface area contributed by atoms with E-state index in [4.69, 9.17) is 27.7 Å². The number of carboxylic acids is 1. The van der Waals surface area contributed by atoms with Gasteiger partial charge in [0.15, 0.2) is 0 Å². The number of nitrogens with two attached hydrogens (primary N) is 4. The van der Waals surface area contributed by atoms with Gasteiger partial charge in [0.1, 0.15) is 91.2 Å². The van der Waals surface area contributed by atoms with Gasteiger partial charge in [-0.25, -0.2) is 4.79 Å². The van der Waals surface area contributed by atoms with Gasteiger partial charge in [0, 0.05) is 6.42 Å². The van der Waals surface area contributed by atoms with Gasteiger partial charge in [-0.15, -0.1) is 0 Å². The molecule has 0 bridgehead atoms. The summed E-state index contributed by atoms with van der Waals surface area (Å²) in [5, 5.41) is 57.2. The maximum atomic E-state index is 15.0. The number of cyclic esters (lactones) is 1. The van der Waals surface area contributed by atoms with Crippen molar-refractivity contribution >= 4 is 94.6 Å². The number of aliphatic hydroxyl groups is 1. The predicted octanol–water partition coefficient (Wildman–Crippen LogP) is -0.709. The quantitative estimate of drug-likeness (QED) is 0.0264. The average Bonchev–Trinajstić information content (AvgIpc) is 1.07. The third-order valence-corrected chi connectivity index (χ3v) is 19.7. The van der Waals surface area contributed by atoms with Crippen LogP contribution in [0.2, 0.25) is 0 Å². The van der Waals surface area contributed by atoms with E-state index in [2.05, 4.69) is 81.4 Å². The summed E-state index contributed by atoms with van der Waals surface area (Å²) >= 11 is 0. The summed E-state index contributed by atoms with van der Waals surface area (Å²) in [6, 6.07) is -20.5. The highest BCUT2D eigenvalue weighted by molar-refractivity contribution is 6.01. The largest absolute Gasteiger partial charge is 0.481 e. The zero-order valence-corrected chi connectivity index (χ0v) is 72.4. The molecular weight excluding hydrogens is 1520 g/mol. The minimum Gasteiger partial charge on any atom is -0.481 e. The van der Waals surface area contributed by atoms with Crippen molar-refractivity contribution in [2.24, 2.45) is 70.3 Å². The normalized spacial score (nSPS) is 21.4. The minimum atomic E-state index is -1.94. The van der Waals surface area contributed by atoms with Gasteiger partial charge < -0.3 is 112 Å². The van der Waals surface area contributed by atoms with Crippen LogP contribution in [0.1, 0.15) is 240 Å². The molecule has 1 aliphatic rings. The van der Waals surface area contributed by atoms with E-state index in [1.807, 2.05) is 0 Å². The van der Waals surface area contributed by atoms with Crippen molar-refractivity contribution in [3.63, 3.8) is 0 Å². The lowest BCUT2D eigenvalue weighted by molar-refractivity contribution is -0.152. The molecule has 37 nitrogen and oxygen atoms in total. The van der Waals surface area contributed by atoms with E-state index in [1.54, 1.807) is 111 Å². The van der Waals surface area contributed by atoms with Crippen molar-refractivity contribution in [2.75, 3.05) is 32.8 Å². The van der Waals surface area contributed by atoms with Gasteiger partial charge in [0.2, 0.25) is 82.7 Å². The molecule has 117 heavy (non-hydrogen) atoms. The Balaban J connectivity index is 4.02. The fraction of sp³-hybridized carbons (Fsp3) is 0.800. The lowest BCUT2D eigenvalue weighted by atomic mass is 9.98. The number of aliphatic carboxylic acids is 1. The van der Waals surface area contributed by atoms with Crippen LogP contribution >= 0.6 is 0 Å². The Morgan fingerprint density at radius 1 is 0.427 bits per heavy atom. The van der Waals surface area contributed by atoms with Crippen LogP contribution in [0.4, 0.5) is 0 Å². The van der Waals surface area contributed by atoms with E-state index in [-0.39, 0.29) is 126 Å². The van der Waals surface area contributed by atoms with Gasteiger partial charge in [0.25, 0.3) is 0 Å². The number of unbranched alkanes of at least 4 members (excludes halogenated alkanes) is 4. The van der Waals surface area contributed by atoms with Crippen LogP contribution in [0.5, 0.6) is 0 Å². The van der Waals surface area contributed by atoms with E-state index in [0.29, 0.717) is 12.8 Å². The first-order valence-corrected chi connectivity index (χ1v) is 42.0.